The van der Waals surface area contributed by atoms with E-state index in [4.69, 9.17) is 0 Å². The minimum Gasteiger partial charge on any atom is -0.0616 e. The molecule has 1 heteroatoms. The van der Waals surface area contributed by atoms with Crippen LogP contribution in [0.5, 0.6) is 0 Å². The minimum absolute atomic E-state index is 0. The van der Waals surface area contributed by atoms with E-state index in [0.29, 0.717) is 0 Å². The fraction of sp³-hybridized carbons (Fsp3) is 0. The highest BCUT2D eigenvalue weighted by Gasteiger charge is 2.13. The normalized spacial score (nSPS) is 11.4. The summed E-state index contributed by atoms with van der Waals surface area (Å²) in [7, 11) is 0. The molecule has 0 saturated heterocycles. The van der Waals surface area contributed by atoms with Crippen LogP contribution in [-0.4, -0.2) is 0 Å². The number of halogens is 1. The Labute approximate surface area is 156 Å². The van der Waals surface area contributed by atoms with Gasteiger partial charge in [-0.1, -0.05) is 84.9 Å². The van der Waals surface area contributed by atoms with Gasteiger partial charge in [0.2, 0.25) is 0 Å². The summed E-state index contributed by atoms with van der Waals surface area (Å²) < 4.78 is 1.17. The van der Waals surface area contributed by atoms with E-state index < -0.39 is 0 Å². The van der Waals surface area contributed by atoms with Gasteiger partial charge in [0.15, 0.2) is 0 Å². The predicted molar refractivity (Wildman–Crippen MR) is 114 cm³/mol. The van der Waals surface area contributed by atoms with Crippen LogP contribution in [0.15, 0.2) is 95.5 Å². The zero-order valence-corrected chi connectivity index (χ0v) is 15.1. The molecule has 0 fully saturated rings. The number of rotatable bonds is 1. The SMILES string of the molecule is Brc1c2ccccc2c(-c2ccc3ccccc3c2)c2ccccc12.[HH]. The van der Waals surface area contributed by atoms with Crippen LogP contribution in [0.2, 0.25) is 0 Å². The van der Waals surface area contributed by atoms with Crippen LogP contribution >= 0.6 is 15.9 Å². The van der Waals surface area contributed by atoms with Gasteiger partial charge in [-0.05, 0) is 65.4 Å². The zero-order chi connectivity index (χ0) is 16.8. The van der Waals surface area contributed by atoms with Gasteiger partial charge in [0.05, 0.1) is 0 Å². The summed E-state index contributed by atoms with van der Waals surface area (Å²) in [6, 6.07) is 32.6. The molecule has 5 aromatic rings. The molecule has 0 amide bonds. The zero-order valence-electron chi connectivity index (χ0n) is 13.5. The lowest BCUT2D eigenvalue weighted by atomic mass is 9.91. The van der Waals surface area contributed by atoms with Crippen LogP contribution in [0.3, 0.4) is 0 Å². The van der Waals surface area contributed by atoms with Gasteiger partial charge < -0.3 is 0 Å². The number of hydrogen-bond donors (Lipinski definition) is 0. The summed E-state index contributed by atoms with van der Waals surface area (Å²) >= 11 is 3.83. The Morgan fingerprint density at radius 3 is 1.68 bits per heavy atom. The molecule has 0 atom stereocenters. The Morgan fingerprint density at radius 1 is 0.520 bits per heavy atom. The summed E-state index contributed by atoms with van der Waals surface area (Å²) in [5.41, 5.74) is 2.57. The first kappa shape index (κ1) is 14.7. The Bertz CT molecular complexity index is 1200. The van der Waals surface area contributed by atoms with Gasteiger partial charge in [-0.3, -0.25) is 0 Å². The largest absolute Gasteiger partial charge is 0.0616 e. The third-order valence-electron chi connectivity index (χ3n) is 4.90. The lowest BCUT2D eigenvalue weighted by Gasteiger charge is -2.15. The second kappa shape index (κ2) is 5.72. The number of hydrogen-bond acceptors (Lipinski definition) is 0. The standard InChI is InChI=1S/C24H15Br.H2/c25-24-21-11-5-3-9-19(21)23(20-10-4-6-12-22(20)24)18-14-13-16-7-1-2-8-17(16)15-18;/h1-15H;1H. The molecule has 0 spiro atoms. The van der Waals surface area contributed by atoms with E-state index >= 15 is 0 Å². The van der Waals surface area contributed by atoms with Crippen molar-refractivity contribution in [2.24, 2.45) is 0 Å². The Hall–Kier alpha value is -2.64. The molecule has 0 aliphatic rings. The quantitative estimate of drug-likeness (QED) is 0.258. The highest BCUT2D eigenvalue weighted by atomic mass is 79.9. The van der Waals surface area contributed by atoms with Crippen molar-refractivity contribution < 1.29 is 1.43 Å². The van der Waals surface area contributed by atoms with Crippen molar-refractivity contribution in [2.75, 3.05) is 0 Å². The average molecular weight is 385 g/mol. The first-order valence-corrected chi connectivity index (χ1v) is 9.20. The van der Waals surface area contributed by atoms with Gasteiger partial charge in [0, 0.05) is 5.90 Å². The Kier molecular flexibility index (Phi) is 3.36. The molecule has 0 aliphatic carbocycles. The van der Waals surface area contributed by atoms with E-state index in [2.05, 4.69) is 107 Å². The van der Waals surface area contributed by atoms with Crippen LogP contribution in [0.4, 0.5) is 0 Å². The van der Waals surface area contributed by atoms with Gasteiger partial charge in [-0.25, -0.2) is 0 Å². The van der Waals surface area contributed by atoms with E-state index in [1.54, 1.807) is 0 Å². The highest BCUT2D eigenvalue weighted by molar-refractivity contribution is 9.10. The Balaban J connectivity index is 0.00000168. The van der Waals surface area contributed by atoms with Crippen LogP contribution in [0, 0.1) is 0 Å². The van der Waals surface area contributed by atoms with E-state index in [1.807, 2.05) is 0 Å². The molecule has 0 unspecified atom stereocenters. The lowest BCUT2D eigenvalue weighted by molar-refractivity contribution is 1.69. The molecule has 0 nitrogen and oxygen atoms in total. The molecule has 0 saturated carbocycles. The van der Waals surface area contributed by atoms with Gasteiger partial charge in [-0.2, -0.15) is 0 Å². The molecule has 0 bridgehead atoms. The smallest absolute Gasteiger partial charge is 0.0332 e. The summed E-state index contributed by atoms with van der Waals surface area (Å²) in [5, 5.41) is 7.62. The van der Waals surface area contributed by atoms with Crippen molar-refractivity contribution in [1.29, 1.82) is 0 Å². The van der Waals surface area contributed by atoms with Crippen molar-refractivity contribution in [1.82, 2.24) is 0 Å². The predicted octanol–water partition coefficient (Wildman–Crippen LogP) is 7.82. The van der Waals surface area contributed by atoms with E-state index in [0.717, 1.165) is 0 Å². The van der Waals surface area contributed by atoms with Gasteiger partial charge in [-0.15, -0.1) is 0 Å². The van der Waals surface area contributed by atoms with Gasteiger partial charge in [0.25, 0.3) is 0 Å². The fourth-order valence-electron chi connectivity index (χ4n) is 3.73. The van der Waals surface area contributed by atoms with E-state index in [9.17, 15) is 0 Å². The van der Waals surface area contributed by atoms with Gasteiger partial charge >= 0.3 is 0 Å². The molecule has 120 valence electrons. The maximum Gasteiger partial charge on any atom is 0.0332 e. The first-order valence-electron chi connectivity index (χ1n) is 8.41. The fourth-order valence-corrected chi connectivity index (χ4v) is 4.42. The third-order valence-corrected chi connectivity index (χ3v) is 5.76. The van der Waals surface area contributed by atoms with Crippen LogP contribution in [0.1, 0.15) is 1.43 Å². The van der Waals surface area contributed by atoms with Crippen LogP contribution in [-0.2, 0) is 0 Å². The first-order chi connectivity index (χ1) is 12.3. The summed E-state index contributed by atoms with van der Waals surface area (Å²) in [6.45, 7) is 0. The maximum atomic E-state index is 3.83. The average Bonchev–Trinajstić information content (AvgIpc) is 2.68. The third kappa shape index (κ3) is 2.27. The van der Waals surface area contributed by atoms with Crippen LogP contribution < -0.4 is 0 Å². The van der Waals surface area contributed by atoms with Crippen molar-refractivity contribution in [3.05, 3.63) is 95.5 Å². The topological polar surface area (TPSA) is 0 Å². The summed E-state index contributed by atoms with van der Waals surface area (Å²) in [4.78, 5) is 0. The van der Waals surface area contributed by atoms with Crippen molar-refractivity contribution in [2.45, 2.75) is 0 Å². The molecule has 0 radical (unpaired) electrons. The van der Waals surface area contributed by atoms with Crippen molar-refractivity contribution in [3.63, 3.8) is 0 Å². The van der Waals surface area contributed by atoms with Crippen LogP contribution in [0.25, 0.3) is 43.4 Å². The minimum atomic E-state index is 0. The molecular formula is C24H17Br. The monoisotopic (exact) mass is 384 g/mol. The molecular weight excluding hydrogens is 368 g/mol. The molecule has 5 aromatic carbocycles. The Morgan fingerprint density at radius 2 is 1.04 bits per heavy atom. The van der Waals surface area contributed by atoms with Crippen molar-refractivity contribution in [3.8, 4) is 11.1 Å². The summed E-state index contributed by atoms with van der Waals surface area (Å²) in [5.74, 6) is 0. The highest BCUT2D eigenvalue weighted by Crippen LogP contribution is 2.41. The second-order valence-corrected chi connectivity index (χ2v) is 7.14. The molecule has 0 aromatic heterocycles. The molecule has 0 heterocycles. The summed E-state index contributed by atoms with van der Waals surface area (Å²) in [6.07, 6.45) is 0. The number of fused-ring (bicyclic) bond motifs is 3. The maximum absolute atomic E-state index is 3.83. The van der Waals surface area contributed by atoms with Crippen molar-refractivity contribution >= 4 is 48.2 Å². The van der Waals surface area contributed by atoms with E-state index in [1.165, 1.54) is 47.9 Å². The molecule has 5 rings (SSSR count). The second-order valence-electron chi connectivity index (χ2n) is 6.34. The molecule has 25 heavy (non-hydrogen) atoms. The lowest BCUT2D eigenvalue weighted by Crippen LogP contribution is -1.87. The van der Waals surface area contributed by atoms with E-state index in [-0.39, 0.29) is 1.43 Å². The van der Waals surface area contributed by atoms with Gasteiger partial charge in [0.1, 0.15) is 0 Å². The molecule has 0 N–H and O–H groups in total. The number of benzene rings is 5. The molecule has 0 aliphatic heterocycles.